The van der Waals surface area contributed by atoms with Crippen molar-refractivity contribution in [3.8, 4) is 11.5 Å². The van der Waals surface area contributed by atoms with Gasteiger partial charge in [-0.25, -0.2) is 8.42 Å². The topological polar surface area (TPSA) is 67.9 Å². The Balaban J connectivity index is 1.52. The maximum atomic E-state index is 13.6. The Morgan fingerprint density at radius 3 is 2.46 bits per heavy atom. The number of allylic oxidation sites excluding steroid dienone is 2. The van der Waals surface area contributed by atoms with E-state index in [-0.39, 0.29) is 17.9 Å². The lowest BCUT2D eigenvalue weighted by molar-refractivity contribution is 0.353. The molecule has 0 bridgehead atoms. The summed E-state index contributed by atoms with van der Waals surface area (Å²) in [5, 5.41) is 3.68. The van der Waals surface area contributed by atoms with Gasteiger partial charge in [0.05, 0.1) is 30.8 Å². The highest BCUT2D eigenvalue weighted by molar-refractivity contribution is 7.92. The van der Waals surface area contributed by atoms with Crippen molar-refractivity contribution in [1.29, 1.82) is 0 Å². The van der Waals surface area contributed by atoms with Gasteiger partial charge >= 0.3 is 0 Å². The molecule has 3 aromatic carbocycles. The van der Waals surface area contributed by atoms with Crippen LogP contribution in [0.1, 0.15) is 36.4 Å². The normalized spacial score (nSPS) is 20.5. The van der Waals surface area contributed by atoms with Crippen molar-refractivity contribution in [2.75, 3.05) is 30.4 Å². The van der Waals surface area contributed by atoms with Crippen LogP contribution in [0.5, 0.6) is 11.5 Å². The van der Waals surface area contributed by atoms with Crippen LogP contribution < -0.4 is 19.1 Å². The Labute approximate surface area is 207 Å². The van der Waals surface area contributed by atoms with Crippen LogP contribution in [0.2, 0.25) is 0 Å². The number of sulfonamides is 1. The molecule has 0 fully saturated rings. The molecular formula is C28H30N2O4S. The lowest BCUT2D eigenvalue weighted by atomic mass is 9.77. The molecule has 0 amide bonds. The second-order valence-electron chi connectivity index (χ2n) is 8.84. The summed E-state index contributed by atoms with van der Waals surface area (Å²) in [6.07, 6.45) is 5.32. The summed E-state index contributed by atoms with van der Waals surface area (Å²) in [5.41, 5.74) is 3.76. The Hall–Kier alpha value is -3.45. The lowest BCUT2D eigenvalue weighted by Gasteiger charge is -2.38. The molecule has 5 rings (SSSR count). The van der Waals surface area contributed by atoms with Crippen molar-refractivity contribution >= 4 is 21.4 Å². The summed E-state index contributed by atoms with van der Waals surface area (Å²) >= 11 is 0. The van der Waals surface area contributed by atoms with Crippen molar-refractivity contribution < 1.29 is 17.9 Å². The molecular weight excluding hydrogens is 460 g/mol. The molecule has 2 aliphatic rings. The van der Waals surface area contributed by atoms with E-state index in [1.165, 1.54) is 4.31 Å². The van der Waals surface area contributed by atoms with E-state index >= 15 is 0 Å². The van der Waals surface area contributed by atoms with Crippen LogP contribution in [-0.4, -0.2) is 29.2 Å². The molecule has 182 valence electrons. The third kappa shape index (κ3) is 4.04. The second-order valence-corrected chi connectivity index (χ2v) is 10.7. The van der Waals surface area contributed by atoms with Gasteiger partial charge in [0, 0.05) is 18.2 Å². The molecule has 0 radical (unpaired) electrons. The molecule has 1 aliphatic carbocycles. The fraction of sp³-hybridized carbons (Fsp3) is 0.286. The fourth-order valence-electron chi connectivity index (χ4n) is 5.32. The summed E-state index contributed by atoms with van der Waals surface area (Å²) in [5.74, 6) is 1.80. The zero-order valence-corrected chi connectivity index (χ0v) is 21.0. The van der Waals surface area contributed by atoms with Crippen LogP contribution in [0.25, 0.3) is 0 Å². The third-order valence-electron chi connectivity index (χ3n) is 7.02. The minimum atomic E-state index is -3.70. The predicted octanol–water partition coefficient (Wildman–Crippen LogP) is 5.75. The van der Waals surface area contributed by atoms with Crippen molar-refractivity contribution in [2.45, 2.75) is 30.2 Å². The molecule has 35 heavy (non-hydrogen) atoms. The summed E-state index contributed by atoms with van der Waals surface area (Å²) in [7, 11) is -0.425. The zero-order chi connectivity index (χ0) is 24.6. The fourth-order valence-corrected chi connectivity index (χ4v) is 6.83. The molecule has 0 spiro atoms. The number of anilines is 2. The van der Waals surface area contributed by atoms with Gasteiger partial charge in [-0.15, -0.1) is 0 Å². The first-order chi connectivity index (χ1) is 17.0. The zero-order valence-electron chi connectivity index (χ0n) is 20.1. The van der Waals surface area contributed by atoms with Gasteiger partial charge in [-0.3, -0.25) is 4.31 Å². The van der Waals surface area contributed by atoms with Gasteiger partial charge in [0.2, 0.25) is 0 Å². The number of para-hydroxylation sites is 1. The van der Waals surface area contributed by atoms with Crippen molar-refractivity contribution in [3.05, 3.63) is 90.0 Å². The largest absolute Gasteiger partial charge is 0.493 e. The number of rotatable bonds is 7. The predicted molar refractivity (Wildman–Crippen MR) is 139 cm³/mol. The highest BCUT2D eigenvalue weighted by Gasteiger charge is 2.39. The van der Waals surface area contributed by atoms with Crippen molar-refractivity contribution in [1.82, 2.24) is 0 Å². The van der Waals surface area contributed by atoms with Crippen LogP contribution in [0, 0.1) is 5.92 Å². The van der Waals surface area contributed by atoms with Crippen LogP contribution in [-0.2, 0) is 10.0 Å². The monoisotopic (exact) mass is 490 g/mol. The molecule has 3 aromatic rings. The smallest absolute Gasteiger partial charge is 0.264 e. The number of benzene rings is 3. The van der Waals surface area contributed by atoms with E-state index in [4.69, 9.17) is 9.47 Å². The highest BCUT2D eigenvalue weighted by Crippen LogP contribution is 2.51. The minimum absolute atomic E-state index is 0.0706. The number of ether oxygens (including phenoxy) is 2. The maximum Gasteiger partial charge on any atom is 0.264 e. The lowest BCUT2D eigenvalue weighted by Crippen LogP contribution is -2.32. The summed E-state index contributed by atoms with van der Waals surface area (Å²) in [6.45, 7) is 2.21. The Kier molecular flexibility index (Phi) is 6.19. The molecule has 3 unspecified atom stereocenters. The molecule has 3 atom stereocenters. The molecule has 0 saturated carbocycles. The number of nitrogens with zero attached hydrogens (tertiary/aromatic N) is 1. The molecule has 7 heteroatoms. The number of hydrogen-bond acceptors (Lipinski definition) is 5. The van der Waals surface area contributed by atoms with Crippen LogP contribution in [0.15, 0.2) is 83.8 Å². The van der Waals surface area contributed by atoms with Crippen molar-refractivity contribution in [3.63, 3.8) is 0 Å². The highest BCUT2D eigenvalue weighted by atomic mass is 32.2. The van der Waals surface area contributed by atoms with E-state index < -0.39 is 10.0 Å². The van der Waals surface area contributed by atoms with E-state index in [1.807, 2.05) is 61.5 Å². The number of nitrogens with one attached hydrogen (secondary N) is 1. The van der Waals surface area contributed by atoms with Gasteiger partial charge in [0.1, 0.15) is 0 Å². The number of fused-ring (bicyclic) bond motifs is 3. The van der Waals surface area contributed by atoms with E-state index in [2.05, 4.69) is 23.5 Å². The molecule has 0 saturated heterocycles. The van der Waals surface area contributed by atoms with Gasteiger partial charge in [0.15, 0.2) is 11.5 Å². The van der Waals surface area contributed by atoms with E-state index in [0.717, 1.165) is 23.2 Å². The summed E-state index contributed by atoms with van der Waals surface area (Å²) < 4.78 is 39.6. The standard InChI is InChI=1S/C28H30N2O4S/c1-4-30(20-9-6-5-7-10-20)35(31,32)21-14-15-25-24(18-21)22-11-8-12-23(22)28(29-25)19-13-16-26(33-2)27(17-19)34-3/h5-11,13-18,22-23,28-29H,4,12H2,1-3H3. The summed E-state index contributed by atoms with van der Waals surface area (Å²) in [6, 6.07) is 20.8. The van der Waals surface area contributed by atoms with E-state index in [0.29, 0.717) is 28.6 Å². The van der Waals surface area contributed by atoms with E-state index in [1.54, 1.807) is 20.3 Å². The Morgan fingerprint density at radius 2 is 1.74 bits per heavy atom. The van der Waals surface area contributed by atoms with E-state index in [9.17, 15) is 8.42 Å². The first-order valence-corrected chi connectivity index (χ1v) is 13.3. The Bertz CT molecular complexity index is 1350. The van der Waals surface area contributed by atoms with Gasteiger partial charge in [-0.2, -0.15) is 0 Å². The average molecular weight is 491 g/mol. The Morgan fingerprint density at radius 1 is 0.971 bits per heavy atom. The van der Waals surface area contributed by atoms with Crippen LogP contribution in [0.3, 0.4) is 0 Å². The van der Waals surface area contributed by atoms with Gasteiger partial charge in [-0.05, 0) is 72.9 Å². The van der Waals surface area contributed by atoms with Gasteiger partial charge in [0.25, 0.3) is 10.0 Å². The first-order valence-electron chi connectivity index (χ1n) is 11.8. The second kappa shape index (κ2) is 9.30. The SMILES string of the molecule is CCN(c1ccccc1)S(=O)(=O)c1ccc2c(c1)C1C=CCC1C(c1ccc(OC)c(OC)c1)N2. The molecule has 1 N–H and O–H groups in total. The molecule has 6 nitrogen and oxygen atoms in total. The van der Waals surface area contributed by atoms with Gasteiger partial charge in [-0.1, -0.05) is 36.4 Å². The minimum Gasteiger partial charge on any atom is -0.493 e. The average Bonchev–Trinajstić information content (AvgIpc) is 3.39. The molecule has 1 heterocycles. The van der Waals surface area contributed by atoms with Crippen LogP contribution >= 0.6 is 0 Å². The molecule has 1 aliphatic heterocycles. The third-order valence-corrected chi connectivity index (χ3v) is 8.92. The first kappa shape index (κ1) is 23.3. The number of methoxy groups -OCH3 is 2. The number of hydrogen-bond donors (Lipinski definition) is 1. The van der Waals surface area contributed by atoms with Gasteiger partial charge < -0.3 is 14.8 Å². The molecule has 0 aromatic heterocycles. The van der Waals surface area contributed by atoms with Crippen molar-refractivity contribution in [2.24, 2.45) is 5.92 Å². The maximum absolute atomic E-state index is 13.6. The quantitative estimate of drug-likeness (QED) is 0.428. The van der Waals surface area contributed by atoms with Crippen LogP contribution in [0.4, 0.5) is 11.4 Å². The summed E-state index contributed by atoms with van der Waals surface area (Å²) in [4.78, 5) is 0.312.